The molecule has 0 aromatic rings. The molecule has 0 heterocycles. The molecular formula is C29H62. The summed E-state index contributed by atoms with van der Waals surface area (Å²) >= 11 is 0. The molecule has 3 saturated carbocycles. The molecular weight excluding hydrogens is 348 g/mol. The van der Waals surface area contributed by atoms with Gasteiger partial charge in [0.25, 0.3) is 0 Å². The van der Waals surface area contributed by atoms with E-state index >= 15 is 0 Å². The minimum absolute atomic E-state index is 1.01. The molecule has 0 nitrogen and oxygen atoms in total. The highest BCUT2D eigenvalue weighted by atomic mass is 14.3. The highest BCUT2D eigenvalue weighted by Crippen LogP contribution is 2.38. The van der Waals surface area contributed by atoms with E-state index in [1.165, 1.54) is 83.5 Å². The van der Waals surface area contributed by atoms with Crippen LogP contribution >= 0.6 is 0 Å². The highest BCUT2D eigenvalue weighted by Gasteiger charge is 2.25. The van der Waals surface area contributed by atoms with Crippen LogP contribution in [0.5, 0.6) is 0 Å². The van der Waals surface area contributed by atoms with E-state index in [0.29, 0.717) is 0 Å². The average Bonchev–Trinajstić information content (AvgIpc) is 3.27. The minimum Gasteiger partial charge on any atom is -0.0683 e. The van der Waals surface area contributed by atoms with E-state index in [1.54, 1.807) is 25.7 Å². The Hall–Kier alpha value is 0. The SMILES string of the molecule is CC.CC.CC.CC1CCCC(C2CCCC2)CCC1.CC1CCCCCCC1. The maximum absolute atomic E-state index is 2.44. The molecule has 0 spiro atoms. The molecule has 0 aromatic heterocycles. The van der Waals surface area contributed by atoms with Crippen LogP contribution in [-0.4, -0.2) is 0 Å². The Kier molecular flexibility index (Phi) is 26.1. The van der Waals surface area contributed by atoms with E-state index in [4.69, 9.17) is 0 Å². The summed E-state index contributed by atoms with van der Waals surface area (Å²) in [5, 5.41) is 0. The summed E-state index contributed by atoms with van der Waals surface area (Å²) in [7, 11) is 0. The monoisotopic (exact) mass is 410 g/mol. The van der Waals surface area contributed by atoms with E-state index < -0.39 is 0 Å². The van der Waals surface area contributed by atoms with Crippen molar-refractivity contribution in [2.75, 3.05) is 0 Å². The fourth-order valence-corrected chi connectivity index (χ4v) is 5.31. The van der Waals surface area contributed by atoms with Crippen molar-refractivity contribution in [3.63, 3.8) is 0 Å². The third kappa shape index (κ3) is 17.4. The third-order valence-corrected chi connectivity index (χ3v) is 7.00. The number of rotatable bonds is 1. The highest BCUT2D eigenvalue weighted by molar-refractivity contribution is 4.77. The maximum Gasteiger partial charge on any atom is -0.0386 e. The molecule has 178 valence electrons. The van der Waals surface area contributed by atoms with Gasteiger partial charge in [0.2, 0.25) is 0 Å². The summed E-state index contributed by atoms with van der Waals surface area (Å²) in [5.74, 6) is 4.28. The van der Waals surface area contributed by atoms with Crippen LogP contribution in [0.1, 0.15) is 165 Å². The lowest BCUT2D eigenvalue weighted by Gasteiger charge is -2.27. The molecule has 3 rings (SSSR count). The van der Waals surface area contributed by atoms with Crippen LogP contribution in [0.15, 0.2) is 0 Å². The van der Waals surface area contributed by atoms with Crippen molar-refractivity contribution in [2.24, 2.45) is 23.7 Å². The molecule has 3 aliphatic carbocycles. The largest absolute Gasteiger partial charge is 0.0683 e. The molecule has 0 aromatic carbocycles. The quantitative estimate of drug-likeness (QED) is 0.403. The summed E-state index contributed by atoms with van der Waals surface area (Å²) in [6.07, 6.45) is 25.7. The van der Waals surface area contributed by atoms with Crippen molar-refractivity contribution in [1.82, 2.24) is 0 Å². The van der Waals surface area contributed by atoms with E-state index in [-0.39, 0.29) is 0 Å². The second kappa shape index (κ2) is 24.3. The molecule has 0 unspecified atom stereocenters. The van der Waals surface area contributed by atoms with E-state index in [0.717, 1.165) is 23.7 Å². The fraction of sp³-hybridized carbons (Fsp3) is 1.00. The smallest absolute Gasteiger partial charge is 0.0386 e. The van der Waals surface area contributed by atoms with Gasteiger partial charge in [-0.25, -0.2) is 0 Å². The summed E-state index contributed by atoms with van der Waals surface area (Å²) < 4.78 is 0. The van der Waals surface area contributed by atoms with Crippen molar-refractivity contribution < 1.29 is 0 Å². The first-order valence-electron chi connectivity index (χ1n) is 14.3. The molecule has 3 aliphatic rings. The summed E-state index contributed by atoms with van der Waals surface area (Å²) in [4.78, 5) is 0. The van der Waals surface area contributed by atoms with Crippen molar-refractivity contribution >= 4 is 0 Å². The molecule has 29 heavy (non-hydrogen) atoms. The molecule has 3 fully saturated rings. The Morgan fingerprint density at radius 1 is 0.310 bits per heavy atom. The van der Waals surface area contributed by atoms with Crippen molar-refractivity contribution in [3.05, 3.63) is 0 Å². The molecule has 0 heteroatoms. The van der Waals surface area contributed by atoms with Gasteiger partial charge >= 0.3 is 0 Å². The summed E-state index contributed by atoms with van der Waals surface area (Å²) in [6, 6.07) is 0. The zero-order valence-corrected chi connectivity index (χ0v) is 22.3. The topological polar surface area (TPSA) is 0 Å². The van der Waals surface area contributed by atoms with Gasteiger partial charge in [-0.05, 0) is 23.7 Å². The van der Waals surface area contributed by atoms with E-state index in [9.17, 15) is 0 Å². The van der Waals surface area contributed by atoms with Crippen molar-refractivity contribution in [2.45, 2.75) is 165 Å². The Balaban J connectivity index is 0. The number of hydrogen-bond donors (Lipinski definition) is 0. The van der Waals surface area contributed by atoms with Crippen LogP contribution < -0.4 is 0 Å². The molecule has 0 N–H and O–H groups in total. The minimum atomic E-state index is 1.01. The first-order chi connectivity index (χ1) is 14.3. The van der Waals surface area contributed by atoms with Crippen LogP contribution in [0.2, 0.25) is 0 Å². The first kappa shape index (κ1) is 31.2. The lowest BCUT2D eigenvalue weighted by molar-refractivity contribution is 0.250. The van der Waals surface area contributed by atoms with Gasteiger partial charge in [0, 0.05) is 0 Å². The van der Waals surface area contributed by atoms with Crippen LogP contribution in [0.25, 0.3) is 0 Å². The van der Waals surface area contributed by atoms with Crippen LogP contribution in [0.4, 0.5) is 0 Å². The molecule has 0 bridgehead atoms. The predicted octanol–water partition coefficient (Wildman–Crippen LogP) is 11.2. The molecule has 0 atom stereocenters. The first-order valence-corrected chi connectivity index (χ1v) is 14.3. The van der Waals surface area contributed by atoms with Gasteiger partial charge in [0.05, 0.1) is 0 Å². The fourth-order valence-electron chi connectivity index (χ4n) is 5.31. The van der Waals surface area contributed by atoms with Gasteiger partial charge in [-0.3, -0.25) is 0 Å². The molecule has 0 amide bonds. The second-order valence-corrected chi connectivity index (χ2v) is 9.22. The van der Waals surface area contributed by atoms with Gasteiger partial charge in [0.1, 0.15) is 0 Å². The molecule has 0 aliphatic heterocycles. The zero-order chi connectivity index (χ0) is 22.3. The van der Waals surface area contributed by atoms with Crippen LogP contribution in [0.3, 0.4) is 0 Å². The van der Waals surface area contributed by atoms with Gasteiger partial charge in [0.15, 0.2) is 0 Å². The average molecular weight is 411 g/mol. The predicted molar refractivity (Wildman–Crippen MR) is 138 cm³/mol. The van der Waals surface area contributed by atoms with Crippen molar-refractivity contribution in [1.29, 1.82) is 0 Å². The van der Waals surface area contributed by atoms with E-state index in [1.807, 2.05) is 41.5 Å². The lowest BCUT2D eigenvalue weighted by Crippen LogP contribution is -2.15. The van der Waals surface area contributed by atoms with Crippen LogP contribution in [-0.2, 0) is 0 Å². The molecule has 0 radical (unpaired) electrons. The third-order valence-electron chi connectivity index (χ3n) is 7.00. The van der Waals surface area contributed by atoms with Crippen LogP contribution in [0, 0.1) is 23.7 Å². The standard InChI is InChI=1S/C14H26.C9H18.3C2H6/c1-12-6-4-10-14(11-5-7-12)13-8-2-3-9-13;1-9-7-5-3-2-4-6-8-9;3*1-2/h12-14H,2-11H2,1H3;9H,2-8H2,1H3;3*1-2H3. The molecule has 0 saturated heterocycles. The Morgan fingerprint density at radius 2 is 0.552 bits per heavy atom. The lowest BCUT2D eigenvalue weighted by atomic mass is 9.79. The second-order valence-electron chi connectivity index (χ2n) is 9.22. The van der Waals surface area contributed by atoms with E-state index in [2.05, 4.69) is 13.8 Å². The normalized spacial score (nSPS) is 26.1. The van der Waals surface area contributed by atoms with Gasteiger partial charge < -0.3 is 0 Å². The Morgan fingerprint density at radius 3 is 0.931 bits per heavy atom. The Labute approximate surface area is 188 Å². The van der Waals surface area contributed by atoms with Gasteiger partial charge in [-0.2, -0.15) is 0 Å². The Bertz CT molecular complexity index is 258. The van der Waals surface area contributed by atoms with Gasteiger partial charge in [-0.1, -0.05) is 165 Å². The van der Waals surface area contributed by atoms with Gasteiger partial charge in [-0.15, -0.1) is 0 Å². The summed E-state index contributed by atoms with van der Waals surface area (Å²) in [5.41, 5.74) is 0. The summed E-state index contributed by atoms with van der Waals surface area (Å²) in [6.45, 7) is 16.8. The maximum atomic E-state index is 2.44. The van der Waals surface area contributed by atoms with Crippen molar-refractivity contribution in [3.8, 4) is 0 Å². The number of hydrogen-bond acceptors (Lipinski definition) is 0. The zero-order valence-electron chi connectivity index (χ0n) is 22.3.